The largest absolute Gasteiger partial charge is 0.481 e. The third kappa shape index (κ3) is 2.82. The van der Waals surface area contributed by atoms with Crippen molar-refractivity contribution >= 4 is 11.8 Å². The topological polar surface area (TPSA) is 53.4 Å². The lowest BCUT2D eigenvalue weighted by Crippen LogP contribution is -2.24. The quantitative estimate of drug-likeness (QED) is 0.932. The number of pyridine rings is 1. The van der Waals surface area contributed by atoms with E-state index in [0.29, 0.717) is 24.8 Å². The van der Waals surface area contributed by atoms with Crippen LogP contribution in [-0.2, 0) is 11.0 Å². The van der Waals surface area contributed by atoms with Gasteiger partial charge in [0.25, 0.3) is 0 Å². The van der Waals surface area contributed by atoms with Crippen LogP contribution in [0.15, 0.2) is 18.3 Å². The molecule has 2 aliphatic rings. The number of hydrogen-bond donors (Lipinski definition) is 1. The zero-order chi connectivity index (χ0) is 15.2. The molecule has 1 aromatic heterocycles. The summed E-state index contributed by atoms with van der Waals surface area (Å²) in [5.41, 5.74) is -0.793. The highest BCUT2D eigenvalue weighted by molar-refractivity contribution is 5.72. The Morgan fingerprint density at radius 1 is 1.29 bits per heavy atom. The Morgan fingerprint density at radius 3 is 2.48 bits per heavy atom. The second-order valence-electron chi connectivity index (χ2n) is 5.75. The van der Waals surface area contributed by atoms with Crippen LogP contribution >= 0.6 is 0 Å². The second-order valence-corrected chi connectivity index (χ2v) is 5.75. The molecule has 2 fully saturated rings. The van der Waals surface area contributed by atoms with Crippen LogP contribution < -0.4 is 4.90 Å². The zero-order valence-corrected chi connectivity index (χ0v) is 11.2. The number of hydrogen-bond acceptors (Lipinski definition) is 3. The van der Waals surface area contributed by atoms with E-state index in [4.69, 9.17) is 0 Å². The van der Waals surface area contributed by atoms with Crippen LogP contribution in [0.3, 0.4) is 0 Å². The van der Waals surface area contributed by atoms with Gasteiger partial charge in [-0.15, -0.1) is 0 Å². The molecule has 1 saturated carbocycles. The Bertz CT molecular complexity index is 540. The van der Waals surface area contributed by atoms with Gasteiger partial charge < -0.3 is 10.0 Å². The molecule has 2 atom stereocenters. The van der Waals surface area contributed by atoms with Crippen molar-refractivity contribution in [1.29, 1.82) is 0 Å². The first-order valence-electron chi connectivity index (χ1n) is 6.87. The van der Waals surface area contributed by atoms with E-state index in [1.54, 1.807) is 4.90 Å². The van der Waals surface area contributed by atoms with Crippen molar-refractivity contribution in [3.8, 4) is 0 Å². The third-order valence-corrected chi connectivity index (χ3v) is 4.31. The van der Waals surface area contributed by atoms with E-state index >= 15 is 0 Å². The van der Waals surface area contributed by atoms with E-state index in [9.17, 15) is 23.1 Å². The molecule has 21 heavy (non-hydrogen) atoms. The maximum atomic E-state index is 12.5. The second kappa shape index (κ2) is 4.89. The molecular formula is C14H15F3N2O2. The lowest BCUT2D eigenvalue weighted by molar-refractivity contribution is -0.142. The van der Waals surface area contributed by atoms with Gasteiger partial charge in [-0.2, -0.15) is 13.2 Å². The first kappa shape index (κ1) is 14.2. The van der Waals surface area contributed by atoms with Crippen LogP contribution in [0, 0.1) is 17.8 Å². The Kier molecular flexibility index (Phi) is 3.30. The van der Waals surface area contributed by atoms with Crippen molar-refractivity contribution in [1.82, 2.24) is 4.98 Å². The molecule has 0 amide bonds. The normalized spacial score (nSPS) is 26.1. The summed E-state index contributed by atoms with van der Waals surface area (Å²) in [4.78, 5) is 16.9. The number of halogens is 3. The molecule has 2 heterocycles. The van der Waals surface area contributed by atoms with Crippen LogP contribution in [0.25, 0.3) is 0 Å². The lowest BCUT2D eigenvalue weighted by atomic mass is 9.92. The number of anilines is 1. The van der Waals surface area contributed by atoms with Crippen molar-refractivity contribution < 1.29 is 23.1 Å². The number of carboxylic acids is 1. The van der Waals surface area contributed by atoms with Crippen molar-refractivity contribution in [2.75, 3.05) is 18.0 Å². The molecule has 0 spiro atoms. The van der Waals surface area contributed by atoms with Gasteiger partial charge in [-0.1, -0.05) is 0 Å². The van der Waals surface area contributed by atoms with Gasteiger partial charge in [0.2, 0.25) is 0 Å². The third-order valence-electron chi connectivity index (χ3n) is 4.31. The van der Waals surface area contributed by atoms with Gasteiger partial charge in [0.1, 0.15) is 5.82 Å². The fourth-order valence-corrected chi connectivity index (χ4v) is 3.02. The van der Waals surface area contributed by atoms with Crippen LogP contribution in [-0.4, -0.2) is 29.1 Å². The zero-order valence-electron chi connectivity index (χ0n) is 11.2. The van der Waals surface area contributed by atoms with Gasteiger partial charge in [0.15, 0.2) is 0 Å². The van der Waals surface area contributed by atoms with E-state index in [1.165, 1.54) is 6.07 Å². The molecule has 0 bridgehead atoms. The molecule has 1 aliphatic heterocycles. The van der Waals surface area contributed by atoms with E-state index in [-0.39, 0.29) is 5.92 Å². The highest BCUT2D eigenvalue weighted by Crippen LogP contribution is 2.44. The van der Waals surface area contributed by atoms with E-state index in [2.05, 4.69) is 4.98 Å². The predicted molar refractivity (Wildman–Crippen MR) is 68.8 cm³/mol. The molecule has 0 aromatic carbocycles. The molecule has 0 unspecified atom stereocenters. The summed E-state index contributed by atoms with van der Waals surface area (Å²) in [7, 11) is 0. The van der Waals surface area contributed by atoms with Gasteiger partial charge in [-0.25, -0.2) is 4.98 Å². The minimum atomic E-state index is -4.41. The molecule has 1 aliphatic carbocycles. The van der Waals surface area contributed by atoms with Gasteiger partial charge in [-0.3, -0.25) is 4.79 Å². The number of nitrogens with zero attached hydrogens (tertiary/aromatic N) is 2. The monoisotopic (exact) mass is 300 g/mol. The van der Waals surface area contributed by atoms with Crippen molar-refractivity contribution in [2.24, 2.45) is 17.8 Å². The van der Waals surface area contributed by atoms with Crippen LogP contribution in [0.4, 0.5) is 19.0 Å². The van der Waals surface area contributed by atoms with Crippen LogP contribution in [0.5, 0.6) is 0 Å². The smallest absolute Gasteiger partial charge is 0.417 e. The number of aliphatic carboxylic acids is 1. The molecule has 4 nitrogen and oxygen atoms in total. The standard InChI is InChI=1S/C14H15F3N2O2/c15-14(16,17)9-3-4-12(18-5-9)19-6-10(8-1-2-8)11(7-19)13(20)21/h3-5,8,10-11H,1-2,6-7H2,(H,20,21)/t10-,11+/m0/s1. The van der Waals surface area contributed by atoms with Crippen LogP contribution in [0.1, 0.15) is 18.4 Å². The molecule has 3 rings (SSSR count). The summed E-state index contributed by atoms with van der Waals surface area (Å²) in [5, 5.41) is 9.28. The van der Waals surface area contributed by atoms with Gasteiger partial charge >= 0.3 is 12.1 Å². The fraction of sp³-hybridized carbons (Fsp3) is 0.571. The van der Waals surface area contributed by atoms with Gasteiger partial charge in [0, 0.05) is 19.3 Å². The number of aromatic nitrogens is 1. The van der Waals surface area contributed by atoms with E-state index < -0.39 is 23.6 Å². The highest BCUT2D eigenvalue weighted by Gasteiger charge is 2.46. The molecule has 1 N–H and O–H groups in total. The molecule has 114 valence electrons. The average Bonchev–Trinajstić information content (AvgIpc) is 3.16. The maximum Gasteiger partial charge on any atom is 0.417 e. The summed E-state index contributed by atoms with van der Waals surface area (Å²) >= 11 is 0. The SMILES string of the molecule is O=C(O)[C@@H]1CN(c2ccc(C(F)(F)F)cn2)C[C@H]1C1CC1. The van der Waals surface area contributed by atoms with Crippen molar-refractivity contribution in [2.45, 2.75) is 19.0 Å². The van der Waals surface area contributed by atoms with Crippen molar-refractivity contribution in [3.63, 3.8) is 0 Å². The molecule has 0 radical (unpaired) electrons. The number of carboxylic acid groups (broad SMARTS) is 1. The summed E-state index contributed by atoms with van der Waals surface area (Å²) in [6.45, 7) is 0.870. The summed E-state index contributed by atoms with van der Waals surface area (Å²) in [6, 6.07) is 2.31. The molecule has 7 heteroatoms. The van der Waals surface area contributed by atoms with Crippen molar-refractivity contribution in [3.05, 3.63) is 23.9 Å². The predicted octanol–water partition coefficient (Wildman–Crippen LogP) is 2.65. The fourth-order valence-electron chi connectivity index (χ4n) is 3.02. The summed E-state index contributed by atoms with van der Waals surface area (Å²) in [5.74, 6) is -0.363. The number of alkyl halides is 3. The minimum absolute atomic E-state index is 0.0755. The minimum Gasteiger partial charge on any atom is -0.481 e. The molecule has 1 saturated heterocycles. The number of carbonyl (C=O) groups is 1. The average molecular weight is 300 g/mol. The summed E-state index contributed by atoms with van der Waals surface area (Å²) in [6.07, 6.45) is -1.52. The van der Waals surface area contributed by atoms with Crippen LogP contribution in [0.2, 0.25) is 0 Å². The maximum absolute atomic E-state index is 12.5. The summed E-state index contributed by atoms with van der Waals surface area (Å²) < 4.78 is 37.5. The van der Waals surface area contributed by atoms with E-state index in [1.807, 2.05) is 0 Å². The Hall–Kier alpha value is -1.79. The Morgan fingerprint density at radius 2 is 2.00 bits per heavy atom. The first-order valence-corrected chi connectivity index (χ1v) is 6.87. The first-order chi connectivity index (χ1) is 9.86. The molecule has 1 aromatic rings. The molecular weight excluding hydrogens is 285 g/mol. The van der Waals surface area contributed by atoms with E-state index in [0.717, 1.165) is 25.1 Å². The number of rotatable bonds is 3. The highest BCUT2D eigenvalue weighted by atomic mass is 19.4. The Balaban J connectivity index is 1.77. The van der Waals surface area contributed by atoms with Gasteiger partial charge in [-0.05, 0) is 36.8 Å². The van der Waals surface area contributed by atoms with Gasteiger partial charge in [0.05, 0.1) is 11.5 Å². The lowest BCUT2D eigenvalue weighted by Gasteiger charge is -2.17. The Labute approximate surface area is 119 Å².